The molecule has 1 aromatic heterocycles. The third kappa shape index (κ3) is 2.83. The summed E-state index contributed by atoms with van der Waals surface area (Å²) in [5.41, 5.74) is 4.17. The van der Waals surface area contributed by atoms with Crippen LogP contribution >= 0.6 is 0 Å². The Bertz CT molecular complexity index is 632. The zero-order valence-corrected chi connectivity index (χ0v) is 11.1. The van der Waals surface area contributed by atoms with Crippen LogP contribution in [0.5, 0.6) is 0 Å². The van der Waals surface area contributed by atoms with Crippen molar-refractivity contribution in [2.24, 2.45) is 0 Å². The Hall–Kier alpha value is -1.70. The first kappa shape index (κ1) is 13.7. The molecule has 0 spiro atoms. The van der Waals surface area contributed by atoms with E-state index in [1.54, 1.807) is 6.92 Å². The molecule has 8 heteroatoms. The molecule has 0 bridgehead atoms. The van der Waals surface area contributed by atoms with Crippen molar-refractivity contribution in [2.75, 3.05) is 17.2 Å². The number of aromatic nitrogens is 1. The zero-order valence-electron chi connectivity index (χ0n) is 10.3. The minimum absolute atomic E-state index is 0.0186. The molecule has 2 rings (SSSR count). The summed E-state index contributed by atoms with van der Waals surface area (Å²) in [7, 11) is -3.15. The monoisotopic (exact) mass is 287 g/mol. The third-order valence-corrected chi connectivity index (χ3v) is 4.98. The fraction of sp³-hybridized carbons (Fsp3) is 0.455. The van der Waals surface area contributed by atoms with Gasteiger partial charge in [-0.15, -0.1) is 0 Å². The molecule has 0 aromatic carbocycles. The molecule has 6 nitrogen and oxygen atoms in total. The molecule has 3 N–H and O–H groups in total. The molecule has 0 radical (unpaired) electrons. The van der Waals surface area contributed by atoms with Crippen LogP contribution < -0.4 is 11.1 Å². The number of nitrogens with zero attached hydrogens (tertiary/aromatic N) is 1. The number of anilines is 1. The van der Waals surface area contributed by atoms with Gasteiger partial charge in [-0.3, -0.25) is 4.79 Å². The van der Waals surface area contributed by atoms with Crippen LogP contribution in [0.4, 0.5) is 10.2 Å². The van der Waals surface area contributed by atoms with E-state index < -0.39 is 27.1 Å². The SMILES string of the molecule is CC1(NC(=O)c2ccnc(N)c2F)CCS(=O)(=O)C1. The zero-order chi connectivity index (χ0) is 14.3. The first-order valence-electron chi connectivity index (χ1n) is 5.65. The van der Waals surface area contributed by atoms with E-state index in [0.29, 0.717) is 6.42 Å². The highest BCUT2D eigenvalue weighted by Crippen LogP contribution is 2.23. The molecule has 0 saturated carbocycles. The van der Waals surface area contributed by atoms with E-state index in [1.165, 1.54) is 12.3 Å². The maximum atomic E-state index is 13.6. The lowest BCUT2D eigenvalue weighted by Crippen LogP contribution is -2.47. The summed E-state index contributed by atoms with van der Waals surface area (Å²) in [6.07, 6.45) is 1.53. The predicted octanol–water partition coefficient (Wildman–Crippen LogP) is 0.110. The van der Waals surface area contributed by atoms with Gasteiger partial charge < -0.3 is 11.1 Å². The van der Waals surface area contributed by atoms with Crippen molar-refractivity contribution in [1.82, 2.24) is 10.3 Å². The van der Waals surface area contributed by atoms with Gasteiger partial charge in [-0.1, -0.05) is 0 Å². The Kier molecular flexibility index (Phi) is 3.21. The van der Waals surface area contributed by atoms with Gasteiger partial charge in [-0.25, -0.2) is 17.8 Å². The van der Waals surface area contributed by atoms with E-state index in [1.807, 2.05) is 0 Å². The van der Waals surface area contributed by atoms with Crippen molar-refractivity contribution in [3.05, 3.63) is 23.6 Å². The first-order valence-corrected chi connectivity index (χ1v) is 7.47. The van der Waals surface area contributed by atoms with Crippen LogP contribution in [0.1, 0.15) is 23.7 Å². The maximum Gasteiger partial charge on any atom is 0.254 e. The Labute approximate surface area is 110 Å². The van der Waals surface area contributed by atoms with Gasteiger partial charge >= 0.3 is 0 Å². The average Bonchev–Trinajstić information content (AvgIpc) is 2.56. The summed E-state index contributed by atoms with van der Waals surface area (Å²) in [6.45, 7) is 1.62. The van der Waals surface area contributed by atoms with Crippen molar-refractivity contribution in [3.63, 3.8) is 0 Å². The molecule has 2 heterocycles. The van der Waals surface area contributed by atoms with Gasteiger partial charge in [0, 0.05) is 6.20 Å². The van der Waals surface area contributed by atoms with Crippen LogP contribution in [0.25, 0.3) is 0 Å². The van der Waals surface area contributed by atoms with Crippen LogP contribution in [0, 0.1) is 5.82 Å². The normalized spacial score (nSPS) is 25.2. The van der Waals surface area contributed by atoms with E-state index in [9.17, 15) is 17.6 Å². The topological polar surface area (TPSA) is 102 Å². The number of sulfone groups is 1. The summed E-state index contributed by atoms with van der Waals surface area (Å²) in [6, 6.07) is 1.20. The number of nitrogens with one attached hydrogen (secondary N) is 1. The number of hydrogen-bond donors (Lipinski definition) is 2. The van der Waals surface area contributed by atoms with Crippen molar-refractivity contribution in [3.8, 4) is 0 Å². The van der Waals surface area contributed by atoms with E-state index in [0.717, 1.165) is 0 Å². The molecular formula is C11H14FN3O3S. The molecule has 1 aliphatic rings. The molecule has 1 aliphatic heterocycles. The fourth-order valence-electron chi connectivity index (χ4n) is 2.09. The number of amides is 1. The van der Waals surface area contributed by atoms with E-state index >= 15 is 0 Å². The lowest BCUT2D eigenvalue weighted by Gasteiger charge is -2.24. The third-order valence-electron chi connectivity index (χ3n) is 3.08. The van der Waals surface area contributed by atoms with Gasteiger partial charge in [0.1, 0.15) is 0 Å². The summed E-state index contributed by atoms with van der Waals surface area (Å²) < 4.78 is 36.5. The van der Waals surface area contributed by atoms with Crippen molar-refractivity contribution < 1.29 is 17.6 Å². The highest BCUT2D eigenvalue weighted by molar-refractivity contribution is 7.91. The van der Waals surface area contributed by atoms with Crippen LogP contribution in [-0.4, -0.2) is 36.4 Å². The van der Waals surface area contributed by atoms with Crippen molar-refractivity contribution in [1.29, 1.82) is 0 Å². The largest absolute Gasteiger partial charge is 0.381 e. The number of nitrogen functional groups attached to an aromatic ring is 1. The van der Waals surface area contributed by atoms with Gasteiger partial charge in [0.05, 0.1) is 22.6 Å². The van der Waals surface area contributed by atoms with E-state index in [4.69, 9.17) is 5.73 Å². The predicted molar refractivity (Wildman–Crippen MR) is 67.7 cm³/mol. The second-order valence-electron chi connectivity index (χ2n) is 4.91. The minimum atomic E-state index is -3.15. The van der Waals surface area contributed by atoms with Gasteiger partial charge in [0.25, 0.3) is 5.91 Å². The molecule has 1 unspecified atom stereocenters. The van der Waals surface area contributed by atoms with Crippen LogP contribution in [-0.2, 0) is 9.84 Å². The summed E-state index contributed by atoms with van der Waals surface area (Å²) in [5, 5.41) is 2.55. The van der Waals surface area contributed by atoms with Gasteiger partial charge in [0.15, 0.2) is 21.5 Å². The number of nitrogens with two attached hydrogens (primary N) is 1. The smallest absolute Gasteiger partial charge is 0.254 e. The Morgan fingerprint density at radius 1 is 1.58 bits per heavy atom. The number of hydrogen-bond acceptors (Lipinski definition) is 5. The Balaban J connectivity index is 2.21. The molecular weight excluding hydrogens is 273 g/mol. The summed E-state index contributed by atoms with van der Waals surface area (Å²) in [4.78, 5) is 15.5. The number of rotatable bonds is 2. The Morgan fingerprint density at radius 2 is 2.26 bits per heavy atom. The van der Waals surface area contributed by atoms with Gasteiger partial charge in [-0.2, -0.15) is 0 Å². The molecule has 1 atom stereocenters. The van der Waals surface area contributed by atoms with Crippen LogP contribution in [0.3, 0.4) is 0 Å². The number of pyridine rings is 1. The van der Waals surface area contributed by atoms with E-state index in [2.05, 4.69) is 10.3 Å². The average molecular weight is 287 g/mol. The standard InChI is InChI=1S/C11H14FN3O3S/c1-11(3-5-19(17,18)6-11)15-10(16)7-2-4-14-9(13)8(7)12/h2,4H,3,5-6H2,1H3,(H2,13,14)(H,15,16). The molecule has 1 aromatic rings. The summed E-state index contributed by atoms with van der Waals surface area (Å²) >= 11 is 0. The molecule has 1 saturated heterocycles. The summed E-state index contributed by atoms with van der Waals surface area (Å²) in [5.74, 6) is -2.08. The fourth-order valence-corrected chi connectivity index (χ4v) is 4.18. The quantitative estimate of drug-likeness (QED) is 0.803. The Morgan fingerprint density at radius 3 is 2.84 bits per heavy atom. The second kappa shape index (κ2) is 4.44. The van der Waals surface area contributed by atoms with Crippen molar-refractivity contribution in [2.45, 2.75) is 18.9 Å². The lowest BCUT2D eigenvalue weighted by atomic mass is 10.0. The minimum Gasteiger partial charge on any atom is -0.381 e. The highest BCUT2D eigenvalue weighted by Gasteiger charge is 2.39. The van der Waals surface area contributed by atoms with Crippen LogP contribution in [0.2, 0.25) is 0 Å². The van der Waals surface area contributed by atoms with E-state index in [-0.39, 0.29) is 22.9 Å². The number of halogens is 1. The second-order valence-corrected chi connectivity index (χ2v) is 7.10. The van der Waals surface area contributed by atoms with Gasteiger partial charge in [0.2, 0.25) is 0 Å². The highest BCUT2D eigenvalue weighted by atomic mass is 32.2. The maximum absolute atomic E-state index is 13.6. The molecule has 0 aliphatic carbocycles. The molecule has 1 amide bonds. The number of carbonyl (C=O) groups excluding carboxylic acids is 1. The molecule has 19 heavy (non-hydrogen) atoms. The molecule has 104 valence electrons. The van der Waals surface area contributed by atoms with Crippen molar-refractivity contribution >= 4 is 21.6 Å². The molecule has 1 fully saturated rings. The van der Waals surface area contributed by atoms with Gasteiger partial charge in [-0.05, 0) is 19.4 Å². The first-order chi connectivity index (χ1) is 8.72. The van der Waals surface area contributed by atoms with Crippen LogP contribution in [0.15, 0.2) is 12.3 Å². The lowest BCUT2D eigenvalue weighted by molar-refractivity contribution is 0.0911. The number of carbonyl (C=O) groups is 1.